The molecule has 0 amide bonds. The molecule has 2 N–H and O–H groups in total. The van der Waals surface area contributed by atoms with Crippen molar-refractivity contribution in [3.63, 3.8) is 0 Å². The number of sulfonamides is 1. The molecule has 8 nitrogen and oxygen atoms in total. The molecule has 0 radical (unpaired) electrons. The number of hydrazone groups is 1. The first-order chi connectivity index (χ1) is 14.8. The van der Waals surface area contributed by atoms with Crippen molar-refractivity contribution in [3.8, 4) is 0 Å². The van der Waals surface area contributed by atoms with Crippen LogP contribution < -0.4 is 10.1 Å². The Morgan fingerprint density at radius 3 is 2.39 bits per heavy atom. The molecule has 3 aromatic rings. The number of nitro benzene ring substituents is 1. The van der Waals surface area contributed by atoms with Crippen LogP contribution in [-0.2, 0) is 10.0 Å². The number of para-hydroxylation sites is 1. The second kappa shape index (κ2) is 9.59. The van der Waals surface area contributed by atoms with Gasteiger partial charge in [0.1, 0.15) is 4.90 Å². The van der Waals surface area contributed by atoms with Gasteiger partial charge in [0.25, 0.3) is 15.7 Å². The Hall–Kier alpha value is -3.43. The largest absolute Gasteiger partial charge is 0.278 e. The molecule has 3 rings (SSSR count). The fraction of sp³-hybridized carbons (Fsp3) is 0.0952. The van der Waals surface area contributed by atoms with E-state index in [4.69, 9.17) is 11.6 Å². The molecule has 0 aliphatic rings. The highest BCUT2D eigenvalue weighted by Gasteiger charge is 2.23. The Labute approximate surface area is 184 Å². The zero-order chi connectivity index (χ0) is 22.4. The number of hydrogen-bond donors (Lipinski definition) is 2. The summed E-state index contributed by atoms with van der Waals surface area (Å²) < 4.78 is 28.3. The Morgan fingerprint density at radius 2 is 1.71 bits per heavy atom. The van der Waals surface area contributed by atoms with Gasteiger partial charge in [-0.2, -0.15) is 5.10 Å². The summed E-state index contributed by atoms with van der Waals surface area (Å²) in [6, 6.07) is 19.4. The van der Waals surface area contributed by atoms with E-state index >= 15 is 0 Å². The van der Waals surface area contributed by atoms with Crippen LogP contribution in [0.5, 0.6) is 0 Å². The smallest absolute Gasteiger partial charge is 0.270 e. The number of halogens is 1. The van der Waals surface area contributed by atoms with Gasteiger partial charge in [-0.3, -0.25) is 20.3 Å². The van der Waals surface area contributed by atoms with E-state index in [-0.39, 0.29) is 32.9 Å². The minimum atomic E-state index is -4.20. The fourth-order valence-corrected chi connectivity index (χ4v) is 4.24. The number of nitrogens with zero attached hydrogens (tertiary/aromatic N) is 2. The molecule has 10 heteroatoms. The summed E-state index contributed by atoms with van der Waals surface area (Å²) in [5, 5.41) is 15.5. The molecule has 31 heavy (non-hydrogen) atoms. The highest BCUT2D eigenvalue weighted by atomic mass is 35.5. The van der Waals surface area contributed by atoms with Gasteiger partial charge in [0.15, 0.2) is 0 Å². The van der Waals surface area contributed by atoms with Crippen LogP contribution in [0.2, 0.25) is 5.02 Å². The zero-order valence-corrected chi connectivity index (χ0v) is 18.0. The predicted octanol–water partition coefficient (Wildman–Crippen LogP) is 5.25. The lowest BCUT2D eigenvalue weighted by Crippen LogP contribution is -2.15. The molecule has 160 valence electrons. The van der Waals surface area contributed by atoms with Crippen LogP contribution in [0.4, 0.5) is 17.1 Å². The highest BCUT2D eigenvalue weighted by Crippen LogP contribution is 2.30. The van der Waals surface area contributed by atoms with Crippen molar-refractivity contribution < 1.29 is 13.3 Å². The minimum Gasteiger partial charge on any atom is -0.278 e. The molecular formula is C21H19ClN4O4S. The van der Waals surface area contributed by atoms with Gasteiger partial charge in [-0.1, -0.05) is 61.0 Å². The normalized spacial score (nSPS) is 12.5. The van der Waals surface area contributed by atoms with Crippen molar-refractivity contribution in [2.45, 2.75) is 17.7 Å². The Bertz CT molecular complexity index is 1220. The number of anilines is 2. The van der Waals surface area contributed by atoms with Crippen molar-refractivity contribution in [1.29, 1.82) is 0 Å². The van der Waals surface area contributed by atoms with E-state index in [1.54, 1.807) is 18.3 Å². The van der Waals surface area contributed by atoms with E-state index in [1.807, 2.05) is 37.3 Å². The van der Waals surface area contributed by atoms with Crippen LogP contribution >= 0.6 is 11.6 Å². The number of nitro groups is 1. The highest BCUT2D eigenvalue weighted by molar-refractivity contribution is 7.93. The van der Waals surface area contributed by atoms with Crippen molar-refractivity contribution >= 4 is 44.9 Å². The lowest BCUT2D eigenvalue weighted by Gasteiger charge is -2.13. The molecular weight excluding hydrogens is 440 g/mol. The molecule has 0 bridgehead atoms. The van der Waals surface area contributed by atoms with Gasteiger partial charge >= 0.3 is 0 Å². The van der Waals surface area contributed by atoms with Gasteiger partial charge in [-0.05, 0) is 23.8 Å². The standard InChI is InChI=1S/C21H19ClN4O4S/c1-15(16-7-3-2-4-8-16)14-23-24-20-12-11-17(26(27)28)13-21(20)31(29,30)25-19-10-6-5-9-18(19)22/h2-15,24-25H,1H3/b23-14+. The predicted molar refractivity (Wildman–Crippen MR) is 122 cm³/mol. The van der Waals surface area contributed by atoms with Crippen LogP contribution in [-0.4, -0.2) is 19.6 Å². The van der Waals surface area contributed by atoms with Crippen LogP contribution in [0.1, 0.15) is 18.4 Å². The average molecular weight is 459 g/mol. The summed E-state index contributed by atoms with van der Waals surface area (Å²) in [5.41, 5.74) is 3.59. The fourth-order valence-electron chi connectivity index (χ4n) is 2.74. The number of non-ortho nitro benzene ring substituents is 1. The van der Waals surface area contributed by atoms with E-state index in [0.717, 1.165) is 11.6 Å². The zero-order valence-electron chi connectivity index (χ0n) is 16.4. The first-order valence-corrected chi connectivity index (χ1v) is 11.0. The maximum absolute atomic E-state index is 13.0. The van der Waals surface area contributed by atoms with Crippen molar-refractivity contribution in [2.75, 3.05) is 10.1 Å². The number of benzene rings is 3. The lowest BCUT2D eigenvalue weighted by molar-refractivity contribution is -0.385. The molecule has 0 saturated carbocycles. The monoisotopic (exact) mass is 458 g/mol. The lowest BCUT2D eigenvalue weighted by atomic mass is 10.0. The Morgan fingerprint density at radius 1 is 1.03 bits per heavy atom. The van der Waals surface area contributed by atoms with Crippen LogP contribution in [0.3, 0.4) is 0 Å². The first-order valence-electron chi connectivity index (χ1n) is 9.18. The van der Waals surface area contributed by atoms with Crippen molar-refractivity contribution in [2.24, 2.45) is 5.10 Å². The molecule has 0 aliphatic heterocycles. The second-order valence-corrected chi connectivity index (χ2v) is 8.67. The van der Waals surface area contributed by atoms with Crippen LogP contribution in [0.15, 0.2) is 82.8 Å². The molecule has 0 spiro atoms. The van der Waals surface area contributed by atoms with Gasteiger partial charge in [-0.15, -0.1) is 0 Å². The molecule has 0 heterocycles. The topological polar surface area (TPSA) is 114 Å². The first kappa shape index (κ1) is 22.3. The molecule has 0 fully saturated rings. The molecule has 1 atom stereocenters. The van der Waals surface area contributed by atoms with E-state index in [9.17, 15) is 18.5 Å². The van der Waals surface area contributed by atoms with Crippen molar-refractivity contribution in [1.82, 2.24) is 0 Å². The summed E-state index contributed by atoms with van der Waals surface area (Å²) in [5.74, 6) is -0.0342. The SMILES string of the molecule is CC(/C=N/Nc1ccc([N+](=O)[O-])cc1S(=O)(=O)Nc1ccccc1Cl)c1ccccc1. The summed E-state index contributed by atoms with van der Waals surface area (Å²) in [6.07, 6.45) is 1.62. The Kier molecular flexibility index (Phi) is 6.88. The van der Waals surface area contributed by atoms with E-state index < -0.39 is 14.9 Å². The van der Waals surface area contributed by atoms with Crippen molar-refractivity contribution in [3.05, 3.63) is 93.5 Å². The van der Waals surface area contributed by atoms with Gasteiger partial charge in [0.05, 0.1) is 21.3 Å². The summed E-state index contributed by atoms with van der Waals surface area (Å²) in [7, 11) is -4.20. The Balaban J connectivity index is 1.91. The molecule has 0 aromatic heterocycles. The van der Waals surface area contributed by atoms with Gasteiger partial charge in [0, 0.05) is 24.3 Å². The summed E-state index contributed by atoms with van der Waals surface area (Å²) >= 11 is 6.04. The van der Waals surface area contributed by atoms with E-state index in [0.29, 0.717) is 0 Å². The minimum absolute atomic E-state index is 0.0342. The molecule has 1 unspecified atom stereocenters. The van der Waals surface area contributed by atoms with Gasteiger partial charge in [-0.25, -0.2) is 8.42 Å². The number of nitrogens with one attached hydrogen (secondary N) is 2. The average Bonchev–Trinajstić information content (AvgIpc) is 2.75. The number of rotatable bonds is 8. The molecule has 0 saturated heterocycles. The third kappa shape index (κ3) is 5.59. The maximum Gasteiger partial charge on any atom is 0.270 e. The third-order valence-electron chi connectivity index (χ3n) is 4.39. The van der Waals surface area contributed by atoms with Crippen LogP contribution in [0.25, 0.3) is 0 Å². The quantitative estimate of drug-likeness (QED) is 0.272. The molecule has 3 aromatic carbocycles. The summed E-state index contributed by atoms with van der Waals surface area (Å²) in [4.78, 5) is 10.2. The number of hydrogen-bond acceptors (Lipinski definition) is 6. The second-order valence-electron chi connectivity index (χ2n) is 6.61. The van der Waals surface area contributed by atoms with E-state index in [2.05, 4.69) is 15.2 Å². The van der Waals surface area contributed by atoms with Gasteiger partial charge < -0.3 is 0 Å². The summed E-state index contributed by atoms with van der Waals surface area (Å²) in [6.45, 7) is 1.94. The molecule has 0 aliphatic carbocycles. The van der Waals surface area contributed by atoms with Gasteiger partial charge in [0.2, 0.25) is 0 Å². The maximum atomic E-state index is 13.0. The van der Waals surface area contributed by atoms with Crippen LogP contribution in [0, 0.1) is 10.1 Å². The van der Waals surface area contributed by atoms with E-state index in [1.165, 1.54) is 24.3 Å². The third-order valence-corrected chi connectivity index (χ3v) is 6.13.